The topological polar surface area (TPSA) is 82.8 Å². The lowest BCUT2D eigenvalue weighted by molar-refractivity contribution is 0.0935. The lowest BCUT2D eigenvalue weighted by Crippen LogP contribution is -2.26. The monoisotopic (exact) mass is 360 g/mol. The lowest BCUT2D eigenvalue weighted by Gasteiger charge is -2.13. The maximum absolute atomic E-state index is 12.5. The zero-order chi connectivity index (χ0) is 18.6. The Hall–Kier alpha value is -3.54. The molecule has 0 fully saturated rings. The Kier molecular flexibility index (Phi) is 4.61. The van der Waals surface area contributed by atoms with E-state index in [2.05, 4.69) is 26.6 Å². The smallest absolute Gasteiger partial charge is 0.272 e. The Morgan fingerprint density at radius 3 is 2.85 bits per heavy atom. The van der Waals surface area contributed by atoms with Gasteiger partial charge in [0.2, 0.25) is 0 Å². The van der Waals surface area contributed by atoms with Crippen molar-refractivity contribution in [1.29, 1.82) is 0 Å². The highest BCUT2D eigenvalue weighted by atomic mass is 16.5. The molecule has 2 aromatic heterocycles. The van der Waals surface area contributed by atoms with Gasteiger partial charge >= 0.3 is 0 Å². The number of aromatic nitrogens is 3. The van der Waals surface area contributed by atoms with Gasteiger partial charge in [-0.2, -0.15) is 5.10 Å². The van der Waals surface area contributed by atoms with Crippen LogP contribution in [0, 0.1) is 0 Å². The van der Waals surface area contributed by atoms with Gasteiger partial charge in [-0.15, -0.1) is 0 Å². The van der Waals surface area contributed by atoms with Crippen LogP contribution in [0.5, 0.6) is 5.75 Å². The molecule has 1 atom stereocenters. The number of carbonyl (C=O) groups is 1. The lowest BCUT2D eigenvalue weighted by atomic mass is 10.1. The van der Waals surface area contributed by atoms with Gasteiger partial charge in [0.25, 0.3) is 5.91 Å². The fourth-order valence-corrected chi connectivity index (χ4v) is 2.92. The van der Waals surface area contributed by atoms with E-state index >= 15 is 0 Å². The van der Waals surface area contributed by atoms with Crippen molar-refractivity contribution in [1.82, 2.24) is 20.5 Å². The predicted octanol–water partition coefficient (Wildman–Crippen LogP) is 3.96. The molecular weight excluding hydrogens is 340 g/mol. The third-order valence-corrected chi connectivity index (χ3v) is 4.43. The molecule has 2 aromatic carbocycles. The average molecular weight is 360 g/mol. The number of nitrogens with one attached hydrogen (secondary N) is 3. The van der Waals surface area contributed by atoms with Crippen LogP contribution in [-0.4, -0.2) is 21.1 Å². The van der Waals surface area contributed by atoms with Crippen molar-refractivity contribution in [2.75, 3.05) is 0 Å². The van der Waals surface area contributed by atoms with Gasteiger partial charge in [0.15, 0.2) is 0 Å². The summed E-state index contributed by atoms with van der Waals surface area (Å²) in [6.07, 6.45) is 1.90. The molecule has 2 heterocycles. The number of ether oxygens (including phenoxy) is 1. The van der Waals surface area contributed by atoms with Gasteiger partial charge in [-0.25, -0.2) is 0 Å². The summed E-state index contributed by atoms with van der Waals surface area (Å²) in [5, 5.41) is 11.0. The minimum Gasteiger partial charge on any atom is -0.487 e. The largest absolute Gasteiger partial charge is 0.487 e. The van der Waals surface area contributed by atoms with Crippen LogP contribution in [0.1, 0.15) is 34.7 Å². The van der Waals surface area contributed by atoms with E-state index in [1.54, 1.807) is 6.07 Å². The van der Waals surface area contributed by atoms with Gasteiger partial charge in [-0.1, -0.05) is 24.3 Å². The van der Waals surface area contributed by atoms with E-state index in [1.165, 1.54) is 0 Å². The number of hydrogen-bond acceptors (Lipinski definition) is 3. The summed E-state index contributed by atoms with van der Waals surface area (Å²) in [5.74, 6) is 0.547. The minimum atomic E-state index is -0.223. The number of para-hydroxylation sites is 1. The summed E-state index contributed by atoms with van der Waals surface area (Å²) in [5.41, 5.74) is 3.20. The van der Waals surface area contributed by atoms with E-state index in [0.29, 0.717) is 12.3 Å². The highest BCUT2D eigenvalue weighted by molar-refractivity contribution is 5.92. The van der Waals surface area contributed by atoms with E-state index < -0.39 is 0 Å². The third kappa shape index (κ3) is 3.84. The molecule has 0 aliphatic rings. The highest BCUT2D eigenvalue weighted by Crippen LogP contribution is 2.20. The summed E-state index contributed by atoms with van der Waals surface area (Å²) >= 11 is 0. The molecule has 6 heteroatoms. The van der Waals surface area contributed by atoms with Crippen molar-refractivity contribution in [3.05, 3.63) is 83.8 Å². The van der Waals surface area contributed by atoms with Gasteiger partial charge in [-0.3, -0.25) is 9.89 Å². The van der Waals surface area contributed by atoms with E-state index in [0.717, 1.165) is 27.9 Å². The maximum Gasteiger partial charge on any atom is 0.272 e. The van der Waals surface area contributed by atoms with Crippen molar-refractivity contribution in [3.63, 3.8) is 0 Å². The second-order valence-electron chi connectivity index (χ2n) is 6.40. The summed E-state index contributed by atoms with van der Waals surface area (Å²) in [6.45, 7) is 2.28. The maximum atomic E-state index is 12.5. The zero-order valence-electron chi connectivity index (χ0n) is 14.9. The SMILES string of the molecule is C[C@@H](NC(=O)c1cc(COc2ccccc2)[nH]n1)c1ccc2[nH]ccc2c1. The number of amides is 1. The molecule has 4 rings (SSSR count). The minimum absolute atomic E-state index is 0.127. The molecule has 3 N–H and O–H groups in total. The van der Waals surface area contributed by atoms with Crippen LogP contribution < -0.4 is 10.1 Å². The molecule has 0 saturated heterocycles. The van der Waals surface area contributed by atoms with Crippen LogP contribution in [0.25, 0.3) is 10.9 Å². The first-order valence-electron chi connectivity index (χ1n) is 8.79. The molecule has 27 heavy (non-hydrogen) atoms. The van der Waals surface area contributed by atoms with Crippen LogP contribution in [0.4, 0.5) is 0 Å². The third-order valence-electron chi connectivity index (χ3n) is 4.43. The van der Waals surface area contributed by atoms with Crippen molar-refractivity contribution >= 4 is 16.8 Å². The second-order valence-corrected chi connectivity index (χ2v) is 6.40. The van der Waals surface area contributed by atoms with E-state index in [-0.39, 0.29) is 11.9 Å². The molecule has 0 aliphatic heterocycles. The first-order valence-corrected chi connectivity index (χ1v) is 8.79. The number of carbonyl (C=O) groups excluding carboxylic acids is 1. The van der Waals surface area contributed by atoms with Gasteiger partial charge < -0.3 is 15.0 Å². The second kappa shape index (κ2) is 7.37. The Morgan fingerprint density at radius 1 is 1.15 bits per heavy atom. The molecule has 0 radical (unpaired) electrons. The zero-order valence-corrected chi connectivity index (χ0v) is 14.9. The van der Waals surface area contributed by atoms with Gasteiger partial charge in [-0.05, 0) is 54.3 Å². The van der Waals surface area contributed by atoms with Crippen molar-refractivity contribution in [2.45, 2.75) is 19.6 Å². The number of benzene rings is 2. The number of fused-ring (bicyclic) bond motifs is 1. The number of nitrogens with zero attached hydrogens (tertiary/aromatic N) is 1. The highest BCUT2D eigenvalue weighted by Gasteiger charge is 2.15. The van der Waals surface area contributed by atoms with Gasteiger partial charge in [0, 0.05) is 11.7 Å². The van der Waals surface area contributed by atoms with Crippen molar-refractivity contribution in [2.24, 2.45) is 0 Å². The fourth-order valence-electron chi connectivity index (χ4n) is 2.92. The molecule has 6 nitrogen and oxygen atoms in total. The molecular formula is C21H20N4O2. The Labute approximate surface area is 156 Å². The molecule has 4 aromatic rings. The molecule has 0 bridgehead atoms. The van der Waals surface area contributed by atoms with Gasteiger partial charge in [0.05, 0.1) is 11.7 Å². The average Bonchev–Trinajstić information content (AvgIpc) is 3.36. The number of hydrogen-bond donors (Lipinski definition) is 3. The van der Waals surface area contributed by atoms with Gasteiger partial charge in [0.1, 0.15) is 18.1 Å². The molecule has 136 valence electrons. The molecule has 1 amide bonds. The normalized spacial score (nSPS) is 12.0. The first-order chi connectivity index (χ1) is 13.2. The van der Waals surface area contributed by atoms with Crippen molar-refractivity contribution in [3.8, 4) is 5.75 Å². The number of aromatic amines is 2. The van der Waals surface area contributed by atoms with Crippen LogP contribution in [0.2, 0.25) is 0 Å². The standard InChI is InChI=1S/C21H20N4O2/c1-14(15-7-8-19-16(11-15)9-10-22-19)23-21(26)20-12-17(24-25-20)13-27-18-5-3-2-4-6-18/h2-12,14,22H,13H2,1H3,(H,23,26)(H,24,25)/t14-/m1/s1. The Morgan fingerprint density at radius 2 is 2.00 bits per heavy atom. The summed E-state index contributed by atoms with van der Waals surface area (Å²) < 4.78 is 5.66. The van der Waals surface area contributed by atoms with Crippen LogP contribution >= 0.6 is 0 Å². The van der Waals surface area contributed by atoms with E-state index in [9.17, 15) is 4.79 Å². The predicted molar refractivity (Wildman–Crippen MR) is 104 cm³/mol. The summed E-state index contributed by atoms with van der Waals surface area (Å²) in [4.78, 5) is 15.7. The first kappa shape index (κ1) is 16.9. The van der Waals surface area contributed by atoms with E-state index in [4.69, 9.17) is 4.74 Å². The van der Waals surface area contributed by atoms with Crippen LogP contribution in [0.15, 0.2) is 66.9 Å². The number of rotatable bonds is 6. The summed E-state index contributed by atoms with van der Waals surface area (Å²) in [6, 6.07) is 19.2. The number of H-pyrrole nitrogens is 2. The Balaban J connectivity index is 1.38. The molecule has 0 unspecified atom stereocenters. The quantitative estimate of drug-likeness (QED) is 0.487. The molecule has 0 spiro atoms. The fraction of sp³-hybridized carbons (Fsp3) is 0.143. The van der Waals surface area contributed by atoms with Crippen LogP contribution in [-0.2, 0) is 6.61 Å². The molecule has 0 aliphatic carbocycles. The van der Waals surface area contributed by atoms with E-state index in [1.807, 2.05) is 61.7 Å². The van der Waals surface area contributed by atoms with Crippen LogP contribution in [0.3, 0.4) is 0 Å². The molecule has 0 saturated carbocycles. The Bertz CT molecular complexity index is 1050. The van der Waals surface area contributed by atoms with Crippen molar-refractivity contribution < 1.29 is 9.53 Å². The summed E-state index contributed by atoms with van der Waals surface area (Å²) in [7, 11) is 0.